The molecule has 210 valence electrons. The van der Waals surface area contributed by atoms with Crippen LogP contribution in [0.2, 0.25) is 0 Å². The van der Waals surface area contributed by atoms with Crippen LogP contribution in [0.4, 0.5) is 21.9 Å². The van der Waals surface area contributed by atoms with Crippen molar-refractivity contribution in [3.8, 4) is 11.5 Å². The number of nitro groups is 1. The van der Waals surface area contributed by atoms with Gasteiger partial charge in [-0.25, -0.2) is 14.6 Å². The number of ether oxygens (including phenoxy) is 2. The van der Waals surface area contributed by atoms with Crippen LogP contribution in [-0.4, -0.2) is 29.4 Å². The first-order valence-corrected chi connectivity index (χ1v) is 13.0. The number of nitro benzene ring substituents is 1. The van der Waals surface area contributed by atoms with Gasteiger partial charge in [0.15, 0.2) is 11.5 Å². The van der Waals surface area contributed by atoms with Gasteiger partial charge in [0, 0.05) is 12.1 Å². The van der Waals surface area contributed by atoms with E-state index in [-0.39, 0.29) is 17.9 Å². The molecule has 0 aromatic heterocycles. The Labute approximate surface area is 241 Å². The average molecular weight is 564 g/mol. The largest absolute Gasteiger partial charge is 0.490 e. The third-order valence-corrected chi connectivity index (χ3v) is 6.37. The van der Waals surface area contributed by atoms with E-state index >= 15 is 0 Å². The van der Waals surface area contributed by atoms with Crippen molar-refractivity contribution in [2.24, 2.45) is 0 Å². The SMILES string of the molecule is CCOc1cc(C=C2C(=O)N(c3ccccc3)C(=O)N(c3ccccc3)C2=O)ccc1OCc1cccc([N+](=O)[O-])c1. The first kappa shape index (κ1) is 27.8. The molecule has 0 unspecified atom stereocenters. The van der Waals surface area contributed by atoms with Gasteiger partial charge in [-0.2, -0.15) is 0 Å². The normalized spacial score (nSPS) is 13.3. The minimum absolute atomic E-state index is 0.0440. The van der Waals surface area contributed by atoms with Gasteiger partial charge >= 0.3 is 6.03 Å². The number of anilines is 2. The lowest BCUT2D eigenvalue weighted by Gasteiger charge is -2.33. The van der Waals surface area contributed by atoms with Gasteiger partial charge in [-0.05, 0) is 60.5 Å². The number of nitrogens with zero attached hydrogens (tertiary/aromatic N) is 3. The molecule has 1 heterocycles. The predicted octanol–water partition coefficient (Wildman–Crippen LogP) is 6.16. The summed E-state index contributed by atoms with van der Waals surface area (Å²) in [5.41, 5.74) is 1.46. The van der Waals surface area contributed by atoms with Crippen molar-refractivity contribution in [3.63, 3.8) is 0 Å². The number of hydrogen-bond donors (Lipinski definition) is 0. The van der Waals surface area contributed by atoms with Crippen molar-refractivity contribution < 1.29 is 28.8 Å². The van der Waals surface area contributed by atoms with Gasteiger partial charge in [0.2, 0.25) is 0 Å². The Morgan fingerprint density at radius 2 is 1.36 bits per heavy atom. The van der Waals surface area contributed by atoms with Crippen molar-refractivity contribution in [1.29, 1.82) is 0 Å². The molecule has 0 atom stereocenters. The number of non-ortho nitro benzene ring substituents is 1. The Balaban J connectivity index is 1.50. The summed E-state index contributed by atoms with van der Waals surface area (Å²) >= 11 is 0. The van der Waals surface area contributed by atoms with Crippen LogP contribution in [0, 0.1) is 10.1 Å². The molecular weight excluding hydrogens is 538 g/mol. The molecule has 1 aliphatic rings. The summed E-state index contributed by atoms with van der Waals surface area (Å²) in [6.07, 6.45) is 1.41. The minimum Gasteiger partial charge on any atom is -0.490 e. The second kappa shape index (κ2) is 12.2. The Kier molecular flexibility index (Phi) is 8.05. The van der Waals surface area contributed by atoms with Crippen molar-refractivity contribution >= 4 is 41.0 Å². The van der Waals surface area contributed by atoms with Crippen LogP contribution >= 0.6 is 0 Å². The fourth-order valence-corrected chi connectivity index (χ4v) is 4.43. The molecule has 10 heteroatoms. The van der Waals surface area contributed by atoms with E-state index in [1.807, 2.05) is 0 Å². The first-order valence-electron chi connectivity index (χ1n) is 13.0. The predicted molar refractivity (Wildman–Crippen MR) is 156 cm³/mol. The minimum atomic E-state index is -0.778. The molecule has 42 heavy (non-hydrogen) atoms. The lowest BCUT2D eigenvalue weighted by Crippen LogP contribution is -2.57. The van der Waals surface area contributed by atoms with E-state index in [2.05, 4.69) is 0 Å². The monoisotopic (exact) mass is 563 g/mol. The molecule has 5 rings (SSSR count). The quantitative estimate of drug-likeness (QED) is 0.104. The first-order chi connectivity index (χ1) is 20.4. The van der Waals surface area contributed by atoms with Crippen molar-refractivity contribution in [2.45, 2.75) is 13.5 Å². The number of urea groups is 1. The molecule has 0 N–H and O–H groups in total. The van der Waals surface area contributed by atoms with E-state index in [1.54, 1.807) is 97.9 Å². The molecular formula is C32H25N3O7. The van der Waals surface area contributed by atoms with E-state index in [4.69, 9.17) is 9.47 Å². The van der Waals surface area contributed by atoms with Gasteiger partial charge in [0.1, 0.15) is 12.2 Å². The van der Waals surface area contributed by atoms with Gasteiger partial charge in [0.05, 0.1) is 22.9 Å². The highest BCUT2D eigenvalue weighted by atomic mass is 16.6. The van der Waals surface area contributed by atoms with Gasteiger partial charge in [-0.1, -0.05) is 54.6 Å². The molecule has 0 aliphatic carbocycles. The van der Waals surface area contributed by atoms with Gasteiger partial charge in [-0.3, -0.25) is 19.7 Å². The summed E-state index contributed by atoms with van der Waals surface area (Å²) < 4.78 is 11.7. The molecule has 0 radical (unpaired) electrons. The summed E-state index contributed by atoms with van der Waals surface area (Å²) in [5.74, 6) is -0.789. The third-order valence-electron chi connectivity index (χ3n) is 6.37. The van der Waals surface area contributed by atoms with Crippen LogP contribution in [0.3, 0.4) is 0 Å². The maximum Gasteiger partial charge on any atom is 0.343 e. The van der Waals surface area contributed by atoms with E-state index < -0.39 is 22.8 Å². The number of amides is 4. The maximum atomic E-state index is 13.6. The number of imide groups is 2. The Bertz CT molecular complexity index is 1620. The Morgan fingerprint density at radius 1 is 0.738 bits per heavy atom. The zero-order valence-corrected chi connectivity index (χ0v) is 22.5. The molecule has 4 aromatic carbocycles. The Hall–Kier alpha value is -5.77. The zero-order chi connectivity index (χ0) is 29.6. The number of hydrogen-bond acceptors (Lipinski definition) is 7. The lowest BCUT2D eigenvalue weighted by atomic mass is 10.0. The van der Waals surface area contributed by atoms with Crippen LogP contribution in [-0.2, 0) is 16.2 Å². The standard InChI is InChI=1S/C32H25N3O7/c1-2-41-29-20-22(16-17-28(29)42-21-23-10-9-15-26(18-23)35(39)40)19-27-30(36)33(24-11-5-3-6-12-24)32(38)34(31(27)37)25-13-7-4-8-14-25/h3-20H,2,21H2,1H3. The van der Waals surface area contributed by atoms with Crippen LogP contribution in [0.25, 0.3) is 6.08 Å². The summed E-state index contributed by atoms with van der Waals surface area (Å²) in [6.45, 7) is 2.16. The highest BCUT2D eigenvalue weighted by Crippen LogP contribution is 2.33. The van der Waals surface area contributed by atoms with Crippen LogP contribution in [0.5, 0.6) is 11.5 Å². The fraction of sp³-hybridized carbons (Fsp3) is 0.0938. The number of para-hydroxylation sites is 2. The van der Waals surface area contributed by atoms with Gasteiger partial charge in [-0.15, -0.1) is 0 Å². The number of barbiturate groups is 1. The second-order valence-corrected chi connectivity index (χ2v) is 9.15. The molecule has 10 nitrogen and oxygen atoms in total. The molecule has 1 fully saturated rings. The molecule has 0 saturated carbocycles. The number of rotatable bonds is 9. The number of benzene rings is 4. The highest BCUT2D eigenvalue weighted by Gasteiger charge is 2.43. The van der Waals surface area contributed by atoms with Crippen LogP contribution in [0.1, 0.15) is 18.1 Å². The van der Waals surface area contributed by atoms with Crippen LogP contribution in [0.15, 0.2) is 109 Å². The van der Waals surface area contributed by atoms with Crippen molar-refractivity contribution in [2.75, 3.05) is 16.4 Å². The van der Waals surface area contributed by atoms with Crippen LogP contribution < -0.4 is 19.3 Å². The Morgan fingerprint density at radius 3 is 1.93 bits per heavy atom. The zero-order valence-electron chi connectivity index (χ0n) is 22.5. The molecule has 4 aromatic rings. The summed E-state index contributed by atoms with van der Waals surface area (Å²) in [4.78, 5) is 53.3. The molecule has 0 bridgehead atoms. The van der Waals surface area contributed by atoms with E-state index in [0.29, 0.717) is 40.6 Å². The van der Waals surface area contributed by atoms with Crippen molar-refractivity contribution in [1.82, 2.24) is 0 Å². The molecule has 4 amide bonds. The molecule has 0 spiro atoms. The summed E-state index contributed by atoms with van der Waals surface area (Å²) in [6, 6.07) is 27.0. The number of carbonyl (C=O) groups is 3. The number of carbonyl (C=O) groups excluding carboxylic acids is 3. The third kappa shape index (κ3) is 5.73. The topological polar surface area (TPSA) is 119 Å². The maximum absolute atomic E-state index is 13.6. The summed E-state index contributed by atoms with van der Waals surface area (Å²) in [5, 5.41) is 11.1. The fourth-order valence-electron chi connectivity index (χ4n) is 4.43. The smallest absolute Gasteiger partial charge is 0.343 e. The van der Waals surface area contributed by atoms with E-state index in [0.717, 1.165) is 9.80 Å². The van der Waals surface area contributed by atoms with E-state index in [9.17, 15) is 24.5 Å². The molecule has 1 saturated heterocycles. The van der Waals surface area contributed by atoms with Gasteiger partial charge < -0.3 is 9.47 Å². The van der Waals surface area contributed by atoms with Gasteiger partial charge in [0.25, 0.3) is 17.5 Å². The average Bonchev–Trinajstić information content (AvgIpc) is 3.00. The molecule has 1 aliphatic heterocycles. The second-order valence-electron chi connectivity index (χ2n) is 9.15. The van der Waals surface area contributed by atoms with Crippen molar-refractivity contribution in [3.05, 3.63) is 130 Å². The lowest BCUT2D eigenvalue weighted by molar-refractivity contribution is -0.384. The summed E-state index contributed by atoms with van der Waals surface area (Å²) in [7, 11) is 0. The highest BCUT2D eigenvalue weighted by molar-refractivity contribution is 6.46. The van der Waals surface area contributed by atoms with E-state index in [1.165, 1.54) is 18.2 Å².